The first-order chi connectivity index (χ1) is 14.5. The van der Waals surface area contributed by atoms with Gasteiger partial charge in [-0.3, -0.25) is 9.59 Å². The van der Waals surface area contributed by atoms with E-state index in [2.05, 4.69) is 5.32 Å². The minimum Gasteiger partial charge on any atom is -0.444 e. The number of hydrogen-bond acceptors (Lipinski definition) is 7. The highest BCUT2D eigenvalue weighted by Gasteiger charge is 2.34. The molecule has 0 saturated carbocycles. The number of fused-ring (bicyclic) bond motifs is 1. The molecule has 9 nitrogen and oxygen atoms in total. The normalized spacial score (nSPS) is 16.4. The van der Waals surface area contributed by atoms with Crippen molar-refractivity contribution in [2.24, 2.45) is 0 Å². The number of anilines is 1. The maximum atomic E-state index is 13.1. The van der Waals surface area contributed by atoms with E-state index in [1.54, 1.807) is 39.8 Å². The Morgan fingerprint density at radius 1 is 1.29 bits per heavy atom. The van der Waals surface area contributed by atoms with Gasteiger partial charge < -0.3 is 25.1 Å². The van der Waals surface area contributed by atoms with Crippen LogP contribution in [0.3, 0.4) is 0 Å². The van der Waals surface area contributed by atoms with Gasteiger partial charge in [0.25, 0.3) is 0 Å². The summed E-state index contributed by atoms with van der Waals surface area (Å²) in [5.41, 5.74) is 5.64. The van der Waals surface area contributed by atoms with Crippen LogP contribution in [-0.4, -0.2) is 47.4 Å². The molecule has 3 N–H and O–H groups in total. The Kier molecular flexibility index (Phi) is 6.06. The Bertz CT molecular complexity index is 1100. The van der Waals surface area contributed by atoms with Crippen LogP contribution in [0.5, 0.6) is 0 Å². The fraction of sp³-hybridized carbons (Fsp3) is 0.455. The number of nitrogens with one attached hydrogen (secondary N) is 1. The van der Waals surface area contributed by atoms with Crippen LogP contribution < -0.4 is 16.7 Å². The summed E-state index contributed by atoms with van der Waals surface area (Å²) in [6.07, 6.45) is 0.495. The van der Waals surface area contributed by atoms with Crippen molar-refractivity contribution in [3.8, 4) is 0 Å². The summed E-state index contributed by atoms with van der Waals surface area (Å²) in [5, 5.41) is 3.08. The number of nitrogens with zero attached hydrogens (tertiary/aromatic N) is 1. The molecule has 166 valence electrons. The van der Waals surface area contributed by atoms with Gasteiger partial charge in [-0.2, -0.15) is 0 Å². The fourth-order valence-corrected chi connectivity index (χ4v) is 3.62. The molecule has 1 aliphatic rings. The Hall–Kier alpha value is -3.36. The van der Waals surface area contributed by atoms with E-state index in [1.165, 1.54) is 11.0 Å². The lowest BCUT2D eigenvalue weighted by atomic mass is 9.99. The third kappa shape index (κ3) is 4.87. The number of ketones is 1. The third-order valence-corrected chi connectivity index (χ3v) is 5.16. The van der Waals surface area contributed by atoms with Gasteiger partial charge in [0.1, 0.15) is 23.4 Å². The zero-order valence-electron chi connectivity index (χ0n) is 18.1. The van der Waals surface area contributed by atoms with Gasteiger partial charge in [0, 0.05) is 17.5 Å². The van der Waals surface area contributed by atoms with Gasteiger partial charge in [0.2, 0.25) is 5.91 Å². The van der Waals surface area contributed by atoms with Crippen molar-refractivity contribution in [2.45, 2.75) is 52.2 Å². The topological polar surface area (TPSA) is 132 Å². The van der Waals surface area contributed by atoms with Crippen LogP contribution in [0.4, 0.5) is 10.5 Å². The Balaban J connectivity index is 1.75. The maximum absolute atomic E-state index is 13.1. The van der Waals surface area contributed by atoms with Crippen LogP contribution in [-0.2, 0) is 9.53 Å². The van der Waals surface area contributed by atoms with Gasteiger partial charge in [-0.15, -0.1) is 0 Å². The number of Topliss-reactive ketones (excluding diaryl/α,β-unsaturated/α-hetero) is 1. The molecule has 1 aliphatic heterocycles. The molecule has 1 fully saturated rings. The minimum atomic E-state index is -0.692. The molecule has 2 heterocycles. The number of aryl methyl sites for hydroxylation is 1. The standard InChI is InChI=1S/C22H27N3O6/c1-12-14-8-7-13(10-16(14)30-20(28)18(12)23)19(27)15-6-5-9-25(15)17(26)11-24-21(29)31-22(2,3)4/h7-8,10,15H,5-6,9,11,23H2,1-4H3,(H,24,29)/t15-/m0/s1. The first-order valence-corrected chi connectivity index (χ1v) is 10.1. The van der Waals surface area contributed by atoms with Crippen LogP contribution in [0.25, 0.3) is 11.0 Å². The summed E-state index contributed by atoms with van der Waals surface area (Å²) < 4.78 is 10.4. The molecule has 0 radical (unpaired) electrons. The summed E-state index contributed by atoms with van der Waals surface area (Å²) in [7, 11) is 0. The molecule has 1 saturated heterocycles. The SMILES string of the molecule is Cc1c(N)c(=O)oc2cc(C(=O)[C@@H]3CCCN3C(=O)CNC(=O)OC(C)(C)C)ccc12. The average Bonchev–Trinajstić information content (AvgIpc) is 3.18. The van der Waals surface area contributed by atoms with Gasteiger partial charge in [-0.1, -0.05) is 12.1 Å². The van der Waals surface area contributed by atoms with E-state index in [0.717, 1.165) is 0 Å². The number of ether oxygens (including phenoxy) is 1. The molecule has 9 heteroatoms. The monoisotopic (exact) mass is 429 g/mol. The van der Waals surface area contributed by atoms with Crippen LogP contribution >= 0.6 is 0 Å². The molecule has 0 aliphatic carbocycles. The maximum Gasteiger partial charge on any atom is 0.408 e. The first-order valence-electron chi connectivity index (χ1n) is 10.1. The second kappa shape index (κ2) is 8.41. The number of nitrogens with two attached hydrogens (primary N) is 1. The number of carbonyl (C=O) groups is 3. The second-order valence-corrected chi connectivity index (χ2v) is 8.60. The number of hydrogen-bond donors (Lipinski definition) is 2. The highest BCUT2D eigenvalue weighted by molar-refractivity contribution is 6.04. The van der Waals surface area contributed by atoms with Crippen molar-refractivity contribution in [3.05, 3.63) is 39.7 Å². The summed E-state index contributed by atoms with van der Waals surface area (Å²) in [5.74, 6) is -0.611. The predicted molar refractivity (Wildman–Crippen MR) is 115 cm³/mol. The lowest BCUT2D eigenvalue weighted by molar-refractivity contribution is -0.130. The molecule has 0 spiro atoms. The van der Waals surface area contributed by atoms with Gasteiger partial charge in [-0.05, 0) is 52.2 Å². The molecule has 31 heavy (non-hydrogen) atoms. The lowest BCUT2D eigenvalue weighted by Crippen LogP contribution is -2.46. The second-order valence-electron chi connectivity index (χ2n) is 8.60. The average molecular weight is 429 g/mol. The fourth-order valence-electron chi connectivity index (χ4n) is 3.62. The molecule has 1 aromatic heterocycles. The van der Waals surface area contributed by atoms with E-state index >= 15 is 0 Å². The molecule has 0 bridgehead atoms. The van der Waals surface area contributed by atoms with Crippen LogP contribution in [0.15, 0.2) is 27.4 Å². The Labute approximate surface area is 179 Å². The summed E-state index contributed by atoms with van der Waals surface area (Å²) >= 11 is 0. The largest absolute Gasteiger partial charge is 0.444 e. The molecule has 1 atom stereocenters. The van der Waals surface area contributed by atoms with E-state index in [0.29, 0.717) is 35.9 Å². The van der Waals surface area contributed by atoms with Crippen molar-refractivity contribution in [1.29, 1.82) is 0 Å². The lowest BCUT2D eigenvalue weighted by Gasteiger charge is -2.25. The quantitative estimate of drug-likeness (QED) is 0.563. The first kappa shape index (κ1) is 22.3. The molecule has 2 amide bonds. The third-order valence-electron chi connectivity index (χ3n) is 5.16. The van der Waals surface area contributed by atoms with Gasteiger partial charge in [0.15, 0.2) is 5.78 Å². The van der Waals surface area contributed by atoms with Crippen LogP contribution in [0, 0.1) is 6.92 Å². The number of rotatable bonds is 4. The van der Waals surface area contributed by atoms with E-state index < -0.39 is 23.4 Å². The summed E-state index contributed by atoms with van der Waals surface area (Å²) in [6, 6.07) is 4.18. The molecular weight excluding hydrogens is 402 g/mol. The van der Waals surface area contributed by atoms with Crippen LogP contribution in [0.1, 0.15) is 49.5 Å². The molecule has 2 aromatic rings. The van der Waals surface area contributed by atoms with Crippen LogP contribution in [0.2, 0.25) is 0 Å². The number of amides is 2. The van der Waals surface area contributed by atoms with E-state index in [4.69, 9.17) is 14.9 Å². The zero-order chi connectivity index (χ0) is 22.9. The Morgan fingerprint density at radius 2 is 2.00 bits per heavy atom. The van der Waals surface area contributed by atoms with Crippen molar-refractivity contribution < 1.29 is 23.5 Å². The van der Waals surface area contributed by atoms with Crippen molar-refractivity contribution >= 4 is 34.4 Å². The molecule has 3 rings (SSSR count). The van der Waals surface area contributed by atoms with Crippen molar-refractivity contribution in [3.63, 3.8) is 0 Å². The highest BCUT2D eigenvalue weighted by atomic mass is 16.6. The smallest absolute Gasteiger partial charge is 0.408 e. The van der Waals surface area contributed by atoms with E-state index in [-0.39, 0.29) is 29.5 Å². The number of carbonyl (C=O) groups excluding carboxylic acids is 3. The summed E-state index contributed by atoms with van der Waals surface area (Å²) in [4.78, 5) is 50.9. The number of benzene rings is 1. The summed E-state index contributed by atoms with van der Waals surface area (Å²) in [6.45, 7) is 7.06. The van der Waals surface area contributed by atoms with Gasteiger partial charge in [0.05, 0.1) is 6.04 Å². The van der Waals surface area contributed by atoms with E-state index in [1.807, 2.05) is 0 Å². The predicted octanol–water partition coefficient (Wildman–Crippen LogP) is 2.38. The van der Waals surface area contributed by atoms with E-state index in [9.17, 15) is 19.2 Å². The van der Waals surface area contributed by atoms with Gasteiger partial charge in [-0.25, -0.2) is 9.59 Å². The number of likely N-dealkylation sites (tertiary alicyclic amines) is 1. The molecule has 1 aromatic carbocycles. The minimum absolute atomic E-state index is 0.0385. The molecular formula is C22H27N3O6. The van der Waals surface area contributed by atoms with Crippen molar-refractivity contribution in [2.75, 3.05) is 18.8 Å². The zero-order valence-corrected chi connectivity index (χ0v) is 18.1. The highest BCUT2D eigenvalue weighted by Crippen LogP contribution is 2.25. The number of nitrogen functional groups attached to an aromatic ring is 1. The Morgan fingerprint density at radius 3 is 2.68 bits per heavy atom. The van der Waals surface area contributed by atoms with Gasteiger partial charge >= 0.3 is 11.7 Å². The molecule has 0 unspecified atom stereocenters. The number of alkyl carbamates (subject to hydrolysis) is 1. The van der Waals surface area contributed by atoms with Crippen molar-refractivity contribution in [1.82, 2.24) is 10.2 Å².